The summed E-state index contributed by atoms with van der Waals surface area (Å²) >= 11 is 1.79. The largest absolute Gasteiger partial charge is 0.444 e. The zero-order chi connectivity index (χ0) is 13.3. The molecule has 0 radical (unpaired) electrons. The number of thiophene rings is 1. The van der Waals surface area contributed by atoms with Crippen LogP contribution in [0, 0.1) is 6.92 Å². The molecule has 4 heteroatoms. The van der Waals surface area contributed by atoms with E-state index in [1.54, 1.807) is 11.3 Å². The lowest BCUT2D eigenvalue weighted by atomic mass is 10.1. The first-order chi connectivity index (χ1) is 8.35. The fraction of sp³-hybridized carbons (Fsp3) is 0.643. The highest BCUT2D eigenvalue weighted by Crippen LogP contribution is 2.32. The number of rotatable bonds is 1. The predicted molar refractivity (Wildman–Crippen MR) is 74.2 cm³/mol. The molecule has 1 amide bonds. The molecule has 0 aliphatic carbocycles. The maximum Gasteiger partial charge on any atom is 0.410 e. The molecule has 3 nitrogen and oxygen atoms in total. The summed E-state index contributed by atoms with van der Waals surface area (Å²) in [5.74, 6) is 0.483. The first-order valence-electron chi connectivity index (χ1n) is 6.38. The maximum atomic E-state index is 12.0. The normalized spacial score (nSPS) is 20.2. The zero-order valence-corrected chi connectivity index (χ0v) is 12.3. The molecule has 1 aliphatic heterocycles. The van der Waals surface area contributed by atoms with Crippen LogP contribution in [0.4, 0.5) is 4.79 Å². The molecule has 1 fully saturated rings. The minimum atomic E-state index is -0.408. The Hall–Kier alpha value is -1.03. The van der Waals surface area contributed by atoms with Crippen molar-refractivity contribution in [2.24, 2.45) is 0 Å². The molecule has 18 heavy (non-hydrogen) atoms. The van der Waals surface area contributed by atoms with E-state index < -0.39 is 5.60 Å². The molecule has 0 N–H and O–H groups in total. The van der Waals surface area contributed by atoms with Gasteiger partial charge >= 0.3 is 6.09 Å². The van der Waals surface area contributed by atoms with Gasteiger partial charge in [-0.3, -0.25) is 0 Å². The highest BCUT2D eigenvalue weighted by Gasteiger charge is 2.30. The van der Waals surface area contributed by atoms with Gasteiger partial charge < -0.3 is 9.64 Å². The fourth-order valence-corrected chi connectivity index (χ4v) is 3.18. The summed E-state index contributed by atoms with van der Waals surface area (Å²) in [6.45, 7) is 9.41. The number of likely N-dealkylation sites (tertiary alicyclic amines) is 1. The molecule has 1 atom stereocenters. The van der Waals surface area contributed by atoms with Crippen LogP contribution >= 0.6 is 11.3 Å². The lowest BCUT2D eigenvalue weighted by Crippen LogP contribution is -2.35. The minimum Gasteiger partial charge on any atom is -0.444 e. The van der Waals surface area contributed by atoms with Crippen LogP contribution in [-0.4, -0.2) is 29.7 Å². The second-order valence-electron chi connectivity index (χ2n) is 5.94. The van der Waals surface area contributed by atoms with Crippen molar-refractivity contribution in [2.75, 3.05) is 13.1 Å². The molecule has 0 aromatic carbocycles. The Bertz CT molecular complexity index is 433. The molecule has 2 heterocycles. The van der Waals surface area contributed by atoms with Gasteiger partial charge in [-0.2, -0.15) is 0 Å². The fourth-order valence-electron chi connectivity index (χ4n) is 2.15. The summed E-state index contributed by atoms with van der Waals surface area (Å²) in [6, 6.07) is 2.23. The molecule has 100 valence electrons. The summed E-state index contributed by atoms with van der Waals surface area (Å²) < 4.78 is 5.40. The van der Waals surface area contributed by atoms with Gasteiger partial charge in [0.05, 0.1) is 0 Å². The third-order valence-corrected chi connectivity index (χ3v) is 4.21. The van der Waals surface area contributed by atoms with Gasteiger partial charge in [0.2, 0.25) is 0 Å². The number of hydrogen-bond donors (Lipinski definition) is 0. The van der Waals surface area contributed by atoms with Crippen LogP contribution in [0.25, 0.3) is 0 Å². The quantitative estimate of drug-likeness (QED) is 0.775. The second kappa shape index (κ2) is 4.92. The maximum absolute atomic E-state index is 12.0. The van der Waals surface area contributed by atoms with Gasteiger partial charge in [-0.25, -0.2) is 4.79 Å². The van der Waals surface area contributed by atoms with E-state index in [0.717, 1.165) is 19.5 Å². The van der Waals surface area contributed by atoms with Crippen LogP contribution in [-0.2, 0) is 4.74 Å². The Kier molecular flexibility index (Phi) is 3.66. The molecular weight excluding hydrogens is 246 g/mol. The number of ether oxygens (including phenoxy) is 1. The molecule has 1 unspecified atom stereocenters. The Morgan fingerprint density at radius 1 is 1.50 bits per heavy atom. The zero-order valence-electron chi connectivity index (χ0n) is 11.5. The molecule has 0 bridgehead atoms. The first kappa shape index (κ1) is 13.4. The number of carbonyl (C=O) groups excluding carboxylic acids is 1. The van der Waals surface area contributed by atoms with Crippen molar-refractivity contribution in [1.29, 1.82) is 0 Å². The number of carbonyl (C=O) groups is 1. The van der Waals surface area contributed by atoms with Crippen LogP contribution in [0.1, 0.15) is 43.6 Å². The number of aryl methyl sites for hydroxylation is 1. The Balaban J connectivity index is 1.94. The van der Waals surface area contributed by atoms with E-state index in [9.17, 15) is 4.79 Å². The van der Waals surface area contributed by atoms with Gasteiger partial charge in [-0.15, -0.1) is 11.3 Å². The van der Waals surface area contributed by atoms with Gasteiger partial charge in [-0.05, 0) is 51.1 Å². The molecule has 1 aromatic heterocycles. The Morgan fingerprint density at radius 3 is 2.78 bits per heavy atom. The first-order valence-corrected chi connectivity index (χ1v) is 7.26. The number of hydrogen-bond acceptors (Lipinski definition) is 3. The van der Waals surface area contributed by atoms with E-state index in [4.69, 9.17) is 4.74 Å². The smallest absolute Gasteiger partial charge is 0.410 e. The molecule has 1 aromatic rings. The van der Waals surface area contributed by atoms with Crippen molar-refractivity contribution < 1.29 is 9.53 Å². The van der Waals surface area contributed by atoms with Crippen LogP contribution in [0.5, 0.6) is 0 Å². The van der Waals surface area contributed by atoms with E-state index in [-0.39, 0.29) is 6.09 Å². The van der Waals surface area contributed by atoms with Crippen molar-refractivity contribution in [3.63, 3.8) is 0 Å². The summed E-state index contributed by atoms with van der Waals surface area (Å²) in [5.41, 5.74) is 0.903. The highest BCUT2D eigenvalue weighted by atomic mass is 32.1. The molecule has 0 saturated carbocycles. The van der Waals surface area contributed by atoms with Crippen LogP contribution in [0.2, 0.25) is 0 Å². The van der Waals surface area contributed by atoms with Gasteiger partial charge in [0.15, 0.2) is 0 Å². The van der Waals surface area contributed by atoms with Crippen molar-refractivity contribution >= 4 is 17.4 Å². The van der Waals surface area contributed by atoms with Crippen LogP contribution in [0.3, 0.4) is 0 Å². The van der Waals surface area contributed by atoms with E-state index in [1.165, 1.54) is 10.4 Å². The van der Waals surface area contributed by atoms with Crippen LogP contribution < -0.4 is 0 Å². The summed E-state index contributed by atoms with van der Waals surface area (Å²) in [4.78, 5) is 15.2. The lowest BCUT2D eigenvalue weighted by Gasteiger charge is -2.24. The van der Waals surface area contributed by atoms with Gasteiger partial charge in [0.25, 0.3) is 0 Å². The van der Waals surface area contributed by atoms with Gasteiger partial charge in [0.1, 0.15) is 5.60 Å². The van der Waals surface area contributed by atoms with E-state index in [1.807, 2.05) is 25.7 Å². The van der Waals surface area contributed by atoms with Crippen LogP contribution in [0.15, 0.2) is 11.4 Å². The van der Waals surface area contributed by atoms with Crippen molar-refractivity contribution in [3.05, 3.63) is 21.9 Å². The van der Waals surface area contributed by atoms with E-state index in [2.05, 4.69) is 18.4 Å². The molecule has 1 aliphatic rings. The second-order valence-corrected chi connectivity index (χ2v) is 6.88. The van der Waals surface area contributed by atoms with Crippen molar-refractivity contribution in [2.45, 2.75) is 45.6 Å². The molecular formula is C14H21NO2S. The standard InChI is InChI=1S/C14H21NO2S/c1-10-7-12(18-9-10)11-5-6-15(8-11)13(16)17-14(2,3)4/h7,9,11H,5-6,8H2,1-4H3. The Morgan fingerprint density at radius 2 is 2.22 bits per heavy atom. The third kappa shape index (κ3) is 3.25. The summed E-state index contributed by atoms with van der Waals surface area (Å²) in [5, 5.41) is 2.17. The average molecular weight is 267 g/mol. The van der Waals surface area contributed by atoms with E-state index in [0.29, 0.717) is 5.92 Å². The van der Waals surface area contributed by atoms with Gasteiger partial charge in [-0.1, -0.05) is 0 Å². The molecule has 1 saturated heterocycles. The molecule has 2 rings (SSSR count). The minimum absolute atomic E-state index is 0.182. The highest BCUT2D eigenvalue weighted by molar-refractivity contribution is 7.10. The summed E-state index contributed by atoms with van der Waals surface area (Å²) in [7, 11) is 0. The average Bonchev–Trinajstić information content (AvgIpc) is 2.82. The van der Waals surface area contributed by atoms with Crippen molar-refractivity contribution in [1.82, 2.24) is 4.90 Å². The monoisotopic (exact) mass is 267 g/mol. The van der Waals surface area contributed by atoms with E-state index >= 15 is 0 Å². The van der Waals surface area contributed by atoms with Gasteiger partial charge in [0, 0.05) is 23.9 Å². The third-order valence-electron chi connectivity index (χ3n) is 2.99. The number of amides is 1. The summed E-state index contributed by atoms with van der Waals surface area (Å²) in [6.07, 6.45) is 0.859. The number of nitrogens with zero attached hydrogens (tertiary/aromatic N) is 1. The Labute approximate surface area is 113 Å². The SMILES string of the molecule is Cc1csc(C2CCN(C(=O)OC(C)(C)C)C2)c1. The van der Waals surface area contributed by atoms with Crippen molar-refractivity contribution in [3.8, 4) is 0 Å². The topological polar surface area (TPSA) is 29.5 Å². The molecule has 0 spiro atoms. The lowest BCUT2D eigenvalue weighted by molar-refractivity contribution is 0.0292. The predicted octanol–water partition coefficient (Wildman–Crippen LogP) is 3.78.